The van der Waals surface area contributed by atoms with Crippen LogP contribution in [0.5, 0.6) is 0 Å². The van der Waals surface area contributed by atoms with E-state index in [9.17, 15) is 0 Å². The van der Waals surface area contributed by atoms with E-state index < -0.39 is 0 Å². The lowest BCUT2D eigenvalue weighted by Crippen LogP contribution is -2.18. The van der Waals surface area contributed by atoms with Gasteiger partial charge in [0.1, 0.15) is 5.76 Å². The van der Waals surface area contributed by atoms with Gasteiger partial charge in [0.15, 0.2) is 0 Å². The number of hydrogen-bond donors (Lipinski definition) is 1. The van der Waals surface area contributed by atoms with Crippen molar-refractivity contribution in [3.8, 4) is 0 Å². The van der Waals surface area contributed by atoms with Crippen molar-refractivity contribution in [3.63, 3.8) is 0 Å². The lowest BCUT2D eigenvalue weighted by Gasteiger charge is -2.11. The molecule has 1 atom stereocenters. The SMILES string of the molecule is CNC(Cc1ccn(C(C)C)n1)c1ccco1. The van der Waals surface area contributed by atoms with Gasteiger partial charge in [-0.1, -0.05) is 0 Å². The minimum atomic E-state index is 0.181. The predicted octanol–water partition coefficient (Wildman–Crippen LogP) is 2.56. The Hall–Kier alpha value is -1.55. The Bertz CT molecular complexity index is 445. The number of likely N-dealkylation sites (N-methyl/N-ethyl adjacent to an activating group) is 1. The summed E-state index contributed by atoms with van der Waals surface area (Å²) in [7, 11) is 1.94. The summed E-state index contributed by atoms with van der Waals surface area (Å²) in [6.45, 7) is 4.25. The second-order valence-corrected chi connectivity index (χ2v) is 4.44. The highest BCUT2D eigenvalue weighted by Gasteiger charge is 2.14. The average Bonchev–Trinajstić information content (AvgIpc) is 2.96. The fourth-order valence-corrected chi connectivity index (χ4v) is 1.82. The van der Waals surface area contributed by atoms with Crippen molar-refractivity contribution in [2.45, 2.75) is 32.4 Å². The van der Waals surface area contributed by atoms with E-state index >= 15 is 0 Å². The van der Waals surface area contributed by atoms with Gasteiger partial charge in [-0.15, -0.1) is 0 Å². The number of rotatable bonds is 5. The van der Waals surface area contributed by atoms with Crippen LogP contribution < -0.4 is 5.32 Å². The van der Waals surface area contributed by atoms with Crippen LogP contribution in [0, 0.1) is 0 Å². The van der Waals surface area contributed by atoms with Crippen molar-refractivity contribution in [1.29, 1.82) is 0 Å². The molecule has 2 aromatic heterocycles. The molecule has 92 valence electrons. The van der Waals surface area contributed by atoms with Gasteiger partial charge in [-0.3, -0.25) is 4.68 Å². The van der Waals surface area contributed by atoms with Crippen LogP contribution in [-0.4, -0.2) is 16.8 Å². The van der Waals surface area contributed by atoms with Crippen LogP contribution in [0.1, 0.15) is 37.4 Å². The van der Waals surface area contributed by atoms with Crippen LogP contribution in [0.2, 0.25) is 0 Å². The summed E-state index contributed by atoms with van der Waals surface area (Å²) >= 11 is 0. The van der Waals surface area contributed by atoms with Crippen molar-refractivity contribution >= 4 is 0 Å². The number of aromatic nitrogens is 2. The molecule has 0 saturated carbocycles. The molecule has 2 heterocycles. The molecule has 0 aliphatic carbocycles. The van der Waals surface area contributed by atoms with Gasteiger partial charge in [-0.25, -0.2) is 0 Å². The van der Waals surface area contributed by atoms with Gasteiger partial charge in [0.05, 0.1) is 18.0 Å². The van der Waals surface area contributed by atoms with Crippen molar-refractivity contribution in [1.82, 2.24) is 15.1 Å². The highest BCUT2D eigenvalue weighted by Crippen LogP contribution is 2.18. The molecule has 0 fully saturated rings. The lowest BCUT2D eigenvalue weighted by atomic mass is 10.1. The summed E-state index contributed by atoms with van der Waals surface area (Å²) in [6.07, 6.45) is 4.56. The molecular weight excluding hydrogens is 214 g/mol. The van der Waals surface area contributed by atoms with E-state index in [4.69, 9.17) is 4.42 Å². The van der Waals surface area contributed by atoms with Crippen LogP contribution in [0.15, 0.2) is 35.1 Å². The predicted molar refractivity (Wildman–Crippen MR) is 66.8 cm³/mol. The van der Waals surface area contributed by atoms with Crippen molar-refractivity contribution < 1.29 is 4.42 Å². The zero-order valence-electron chi connectivity index (χ0n) is 10.6. The second-order valence-electron chi connectivity index (χ2n) is 4.44. The van der Waals surface area contributed by atoms with Crippen molar-refractivity contribution in [3.05, 3.63) is 42.1 Å². The third kappa shape index (κ3) is 2.77. The fourth-order valence-electron chi connectivity index (χ4n) is 1.82. The van der Waals surface area contributed by atoms with Crippen LogP contribution in [0.4, 0.5) is 0 Å². The molecule has 2 aromatic rings. The van der Waals surface area contributed by atoms with Gasteiger partial charge in [-0.2, -0.15) is 5.10 Å². The van der Waals surface area contributed by atoms with Crippen molar-refractivity contribution in [2.24, 2.45) is 0 Å². The Labute approximate surface area is 102 Å². The minimum Gasteiger partial charge on any atom is -0.468 e. The topological polar surface area (TPSA) is 43.0 Å². The first-order valence-electron chi connectivity index (χ1n) is 5.95. The molecule has 0 radical (unpaired) electrons. The smallest absolute Gasteiger partial charge is 0.121 e. The molecule has 0 aliphatic rings. The molecule has 1 unspecified atom stereocenters. The van der Waals surface area contributed by atoms with E-state index in [1.165, 1.54) is 0 Å². The highest BCUT2D eigenvalue weighted by atomic mass is 16.3. The molecule has 2 rings (SSSR count). The summed E-state index contributed by atoms with van der Waals surface area (Å²) < 4.78 is 7.39. The summed E-state index contributed by atoms with van der Waals surface area (Å²) in [5.41, 5.74) is 1.08. The molecule has 4 nitrogen and oxygen atoms in total. The zero-order valence-corrected chi connectivity index (χ0v) is 10.6. The first-order chi connectivity index (χ1) is 8.20. The van der Waals surface area contributed by atoms with Gasteiger partial charge in [0.2, 0.25) is 0 Å². The fraction of sp³-hybridized carbons (Fsp3) is 0.462. The maximum absolute atomic E-state index is 5.42. The quantitative estimate of drug-likeness (QED) is 0.863. The Morgan fingerprint density at radius 2 is 2.24 bits per heavy atom. The maximum Gasteiger partial charge on any atom is 0.121 e. The molecule has 0 saturated heterocycles. The lowest BCUT2D eigenvalue weighted by molar-refractivity contribution is 0.424. The van der Waals surface area contributed by atoms with E-state index in [1.54, 1.807) is 6.26 Å². The minimum absolute atomic E-state index is 0.181. The van der Waals surface area contributed by atoms with Crippen LogP contribution in [0.3, 0.4) is 0 Å². The third-order valence-electron chi connectivity index (χ3n) is 2.84. The van der Waals surface area contributed by atoms with E-state index in [0.717, 1.165) is 17.9 Å². The highest BCUT2D eigenvalue weighted by molar-refractivity contribution is 5.10. The van der Waals surface area contributed by atoms with Gasteiger partial charge < -0.3 is 9.73 Å². The van der Waals surface area contributed by atoms with Crippen LogP contribution in [0.25, 0.3) is 0 Å². The molecule has 4 heteroatoms. The molecule has 0 bridgehead atoms. The van der Waals surface area contributed by atoms with E-state index in [-0.39, 0.29) is 6.04 Å². The molecule has 1 N–H and O–H groups in total. The van der Waals surface area contributed by atoms with Gasteiger partial charge in [0, 0.05) is 18.7 Å². The molecule has 0 spiro atoms. The number of hydrogen-bond acceptors (Lipinski definition) is 3. The average molecular weight is 233 g/mol. The molecular formula is C13H19N3O. The molecule has 0 aromatic carbocycles. The Balaban J connectivity index is 2.08. The Kier molecular flexibility index (Phi) is 3.64. The number of nitrogens with one attached hydrogen (secondary N) is 1. The van der Waals surface area contributed by atoms with Crippen LogP contribution in [-0.2, 0) is 6.42 Å². The van der Waals surface area contributed by atoms with E-state index in [1.807, 2.05) is 30.1 Å². The second kappa shape index (κ2) is 5.19. The molecule has 0 amide bonds. The van der Waals surface area contributed by atoms with E-state index in [2.05, 4.69) is 30.3 Å². The van der Waals surface area contributed by atoms with Crippen LogP contribution >= 0.6 is 0 Å². The third-order valence-corrected chi connectivity index (χ3v) is 2.84. The Morgan fingerprint density at radius 3 is 2.76 bits per heavy atom. The number of furan rings is 1. The summed E-state index contributed by atoms with van der Waals surface area (Å²) in [6, 6.07) is 6.54. The Morgan fingerprint density at radius 1 is 1.41 bits per heavy atom. The summed E-state index contributed by atoms with van der Waals surface area (Å²) in [5.74, 6) is 0.951. The first-order valence-corrected chi connectivity index (χ1v) is 5.95. The first kappa shape index (κ1) is 11.9. The monoisotopic (exact) mass is 233 g/mol. The van der Waals surface area contributed by atoms with Gasteiger partial charge in [-0.05, 0) is 39.1 Å². The summed E-state index contributed by atoms with van der Waals surface area (Å²) in [5, 5.41) is 7.79. The number of nitrogens with zero attached hydrogens (tertiary/aromatic N) is 2. The standard InChI is InChI=1S/C13H19N3O/c1-10(2)16-7-6-11(15-16)9-12(14-3)13-5-4-8-17-13/h4-8,10,12,14H,9H2,1-3H3. The van der Waals surface area contributed by atoms with E-state index in [0.29, 0.717) is 6.04 Å². The zero-order chi connectivity index (χ0) is 12.3. The maximum atomic E-state index is 5.42. The van der Waals surface area contributed by atoms with Gasteiger partial charge in [0.25, 0.3) is 0 Å². The van der Waals surface area contributed by atoms with Crippen molar-refractivity contribution in [2.75, 3.05) is 7.05 Å². The summed E-state index contributed by atoms with van der Waals surface area (Å²) in [4.78, 5) is 0. The molecule has 0 aliphatic heterocycles. The normalized spacial score (nSPS) is 13.2. The molecule has 17 heavy (non-hydrogen) atoms. The van der Waals surface area contributed by atoms with Gasteiger partial charge >= 0.3 is 0 Å². The largest absolute Gasteiger partial charge is 0.468 e.